The SMILES string of the molecule is C=C(NCc1cccc(C)c1)C1CCC(=CCCc2ccccc2/C(C)=C/C)CC1.C=CC.CC. The second-order valence-corrected chi connectivity index (χ2v) is 9.08. The highest BCUT2D eigenvalue weighted by molar-refractivity contribution is 5.66. The molecular weight excluding hydrogens is 422 g/mol. The summed E-state index contributed by atoms with van der Waals surface area (Å²) in [5.74, 6) is 0.602. The van der Waals surface area contributed by atoms with Crippen LogP contribution in [0.4, 0.5) is 0 Å². The van der Waals surface area contributed by atoms with Crippen LogP contribution in [0, 0.1) is 12.8 Å². The smallest absolute Gasteiger partial charge is 0.0397 e. The van der Waals surface area contributed by atoms with Crippen LogP contribution in [0.5, 0.6) is 0 Å². The zero-order valence-corrected chi connectivity index (χ0v) is 23.3. The molecule has 1 saturated carbocycles. The van der Waals surface area contributed by atoms with E-state index in [1.165, 1.54) is 59.2 Å². The Morgan fingerprint density at radius 3 is 2.31 bits per heavy atom. The molecule has 0 saturated heterocycles. The maximum atomic E-state index is 4.34. The molecule has 1 aliphatic rings. The van der Waals surface area contributed by atoms with E-state index in [9.17, 15) is 0 Å². The summed E-state index contributed by atoms with van der Waals surface area (Å²) in [6, 6.07) is 17.5. The van der Waals surface area contributed by atoms with Gasteiger partial charge in [-0.2, -0.15) is 0 Å². The second kappa shape index (κ2) is 17.6. The summed E-state index contributed by atoms with van der Waals surface area (Å²) in [4.78, 5) is 0. The van der Waals surface area contributed by atoms with E-state index in [-0.39, 0.29) is 0 Å². The molecule has 0 amide bonds. The number of benzene rings is 2. The molecule has 2 aromatic rings. The first-order valence-electron chi connectivity index (χ1n) is 13.4. The highest BCUT2D eigenvalue weighted by atomic mass is 14.9. The average Bonchev–Trinajstić information content (AvgIpc) is 2.89. The standard InChI is InChI=1S/C29H37N.C3H6.C2H6/c1-5-23(3)29-15-7-6-13-28(29)14-9-11-25-16-18-27(19-17-25)24(4)30-21-26-12-8-10-22(2)20-26;1-3-2;1-2/h5-8,10-13,15,20,27,30H,4,9,14,16-19,21H2,1-3H3;3H,1H2,2H3;1-2H3/b23-5+,25-11?;;. The van der Waals surface area contributed by atoms with Gasteiger partial charge in [0.1, 0.15) is 0 Å². The predicted molar refractivity (Wildman–Crippen MR) is 159 cm³/mol. The molecule has 0 unspecified atom stereocenters. The maximum absolute atomic E-state index is 4.34. The fourth-order valence-corrected chi connectivity index (χ4v) is 4.43. The zero-order valence-electron chi connectivity index (χ0n) is 23.3. The number of hydrogen-bond donors (Lipinski definition) is 1. The molecule has 0 atom stereocenters. The number of nitrogens with one attached hydrogen (secondary N) is 1. The lowest BCUT2D eigenvalue weighted by Gasteiger charge is -2.26. The van der Waals surface area contributed by atoms with Gasteiger partial charge in [-0.3, -0.25) is 0 Å². The van der Waals surface area contributed by atoms with Gasteiger partial charge in [-0.15, -0.1) is 6.58 Å². The normalized spacial score (nSPS) is 15.1. The number of allylic oxidation sites excluding steroid dienone is 6. The fraction of sp³-hybridized carbons (Fsp3) is 0.412. The summed E-state index contributed by atoms with van der Waals surface area (Å²) >= 11 is 0. The molecule has 0 heterocycles. The summed E-state index contributed by atoms with van der Waals surface area (Å²) in [6.45, 7) is 20.9. The lowest BCUT2D eigenvalue weighted by atomic mass is 9.83. The quantitative estimate of drug-likeness (QED) is 0.378. The van der Waals surface area contributed by atoms with E-state index in [4.69, 9.17) is 0 Å². The number of rotatable bonds is 8. The van der Waals surface area contributed by atoms with Crippen LogP contribution in [-0.2, 0) is 13.0 Å². The maximum Gasteiger partial charge on any atom is 0.0397 e. The lowest BCUT2D eigenvalue weighted by molar-refractivity contribution is 0.440. The third kappa shape index (κ3) is 11.0. The van der Waals surface area contributed by atoms with Gasteiger partial charge in [0.2, 0.25) is 0 Å². The third-order valence-electron chi connectivity index (χ3n) is 6.44. The van der Waals surface area contributed by atoms with Gasteiger partial charge >= 0.3 is 0 Å². The van der Waals surface area contributed by atoms with Crippen LogP contribution in [0.25, 0.3) is 5.57 Å². The highest BCUT2D eigenvalue weighted by Gasteiger charge is 2.19. The van der Waals surface area contributed by atoms with Crippen molar-refractivity contribution in [3.63, 3.8) is 0 Å². The van der Waals surface area contributed by atoms with Crippen LogP contribution in [0.2, 0.25) is 0 Å². The van der Waals surface area contributed by atoms with E-state index in [0.717, 1.165) is 19.4 Å². The molecule has 0 spiro atoms. The molecule has 0 radical (unpaired) electrons. The van der Waals surface area contributed by atoms with E-state index in [1.54, 1.807) is 11.6 Å². The molecule has 2 aromatic carbocycles. The largest absolute Gasteiger partial charge is 0.385 e. The fourth-order valence-electron chi connectivity index (χ4n) is 4.43. The minimum atomic E-state index is 0.602. The molecule has 1 heteroatoms. The molecule has 0 aliphatic heterocycles. The summed E-state index contributed by atoms with van der Waals surface area (Å²) in [5, 5.41) is 3.58. The van der Waals surface area contributed by atoms with Crippen molar-refractivity contribution >= 4 is 5.57 Å². The first kappa shape index (κ1) is 30.2. The Labute approximate surface area is 216 Å². The number of hydrogen-bond acceptors (Lipinski definition) is 1. The monoisotopic (exact) mass is 471 g/mol. The molecular formula is C34H49N. The van der Waals surface area contributed by atoms with Gasteiger partial charge in [0.25, 0.3) is 0 Å². The van der Waals surface area contributed by atoms with Crippen LogP contribution < -0.4 is 5.32 Å². The minimum Gasteiger partial charge on any atom is -0.385 e. The summed E-state index contributed by atoms with van der Waals surface area (Å²) in [6.07, 6.45) is 13.6. The Morgan fingerprint density at radius 1 is 1.03 bits per heavy atom. The topological polar surface area (TPSA) is 12.0 Å². The molecule has 1 nitrogen and oxygen atoms in total. The van der Waals surface area contributed by atoms with Gasteiger partial charge in [-0.25, -0.2) is 0 Å². The minimum absolute atomic E-state index is 0.602. The first-order valence-corrected chi connectivity index (χ1v) is 13.4. The van der Waals surface area contributed by atoms with Crippen molar-refractivity contribution in [3.05, 3.63) is 113 Å². The third-order valence-corrected chi connectivity index (χ3v) is 6.44. The van der Waals surface area contributed by atoms with Gasteiger partial charge < -0.3 is 5.32 Å². The van der Waals surface area contributed by atoms with Crippen molar-refractivity contribution in [2.45, 2.75) is 86.6 Å². The predicted octanol–water partition coefficient (Wildman–Crippen LogP) is 9.99. The Bertz CT molecular complexity index is 950. The Kier molecular flexibility index (Phi) is 15.2. The van der Waals surface area contributed by atoms with E-state index in [2.05, 4.69) is 99.9 Å². The second-order valence-electron chi connectivity index (χ2n) is 9.08. The van der Waals surface area contributed by atoms with Crippen molar-refractivity contribution in [3.8, 4) is 0 Å². The molecule has 1 fully saturated rings. The van der Waals surface area contributed by atoms with Gasteiger partial charge in [0, 0.05) is 12.2 Å². The molecule has 0 bridgehead atoms. The first-order chi connectivity index (χ1) is 17.0. The molecule has 3 rings (SSSR count). The Morgan fingerprint density at radius 2 is 1.69 bits per heavy atom. The van der Waals surface area contributed by atoms with E-state index >= 15 is 0 Å². The Balaban J connectivity index is 0.00000114. The van der Waals surface area contributed by atoms with Gasteiger partial charge in [0.05, 0.1) is 0 Å². The van der Waals surface area contributed by atoms with Crippen LogP contribution in [0.1, 0.15) is 89.0 Å². The molecule has 190 valence electrons. The molecule has 0 aromatic heterocycles. The average molecular weight is 472 g/mol. The van der Waals surface area contributed by atoms with Gasteiger partial charge in [0.15, 0.2) is 0 Å². The van der Waals surface area contributed by atoms with Crippen LogP contribution in [0.15, 0.2) is 91.2 Å². The van der Waals surface area contributed by atoms with Crippen LogP contribution in [-0.4, -0.2) is 0 Å². The van der Waals surface area contributed by atoms with Crippen molar-refractivity contribution in [2.75, 3.05) is 0 Å². The van der Waals surface area contributed by atoms with E-state index < -0.39 is 0 Å². The summed E-state index contributed by atoms with van der Waals surface area (Å²) < 4.78 is 0. The van der Waals surface area contributed by atoms with E-state index in [0.29, 0.717) is 5.92 Å². The molecule has 1 aliphatic carbocycles. The summed E-state index contributed by atoms with van der Waals surface area (Å²) in [5.41, 5.74) is 9.74. The molecule has 35 heavy (non-hydrogen) atoms. The van der Waals surface area contributed by atoms with Crippen molar-refractivity contribution in [1.82, 2.24) is 5.32 Å². The van der Waals surface area contributed by atoms with Crippen LogP contribution in [0.3, 0.4) is 0 Å². The van der Waals surface area contributed by atoms with Crippen molar-refractivity contribution < 1.29 is 0 Å². The van der Waals surface area contributed by atoms with E-state index in [1.807, 2.05) is 20.8 Å². The van der Waals surface area contributed by atoms with Crippen molar-refractivity contribution in [2.24, 2.45) is 5.92 Å². The van der Waals surface area contributed by atoms with Gasteiger partial charge in [-0.05, 0) is 94.4 Å². The Hall–Kier alpha value is -2.80. The van der Waals surface area contributed by atoms with Crippen LogP contribution >= 0.6 is 0 Å². The van der Waals surface area contributed by atoms with Crippen molar-refractivity contribution in [1.29, 1.82) is 0 Å². The highest BCUT2D eigenvalue weighted by Crippen LogP contribution is 2.32. The lowest BCUT2D eigenvalue weighted by Crippen LogP contribution is -2.21. The summed E-state index contributed by atoms with van der Waals surface area (Å²) in [7, 11) is 0. The molecule has 1 N–H and O–H groups in total. The van der Waals surface area contributed by atoms with Gasteiger partial charge in [-0.1, -0.05) is 98.3 Å². The zero-order chi connectivity index (χ0) is 26.1. The number of aryl methyl sites for hydroxylation is 2.